The number of rotatable bonds is 0. The molecule has 0 unspecified atom stereocenters. The van der Waals surface area contributed by atoms with Crippen molar-refractivity contribution in [2.24, 2.45) is 0 Å². The van der Waals surface area contributed by atoms with Crippen LogP contribution in [-0.2, 0) is 15.1 Å². The van der Waals surface area contributed by atoms with Crippen molar-refractivity contribution in [1.82, 2.24) is 0 Å². The van der Waals surface area contributed by atoms with Gasteiger partial charge in [0, 0.05) is 23.3 Å². The van der Waals surface area contributed by atoms with Gasteiger partial charge < -0.3 is 24.4 Å². The quantitative estimate of drug-likeness (QED) is 0.736. The maximum atomic E-state index is 11.6. The number of hydrogen-bond donors (Lipinski definition) is 2. The minimum absolute atomic E-state index is 0.0922. The Morgan fingerprint density at radius 2 is 1.92 bits per heavy atom. The molecular formula is C20H18O6. The van der Waals surface area contributed by atoms with Crippen molar-refractivity contribution >= 4 is 11.9 Å². The Hall–Kier alpha value is -2.57. The van der Waals surface area contributed by atoms with Crippen LogP contribution >= 0.6 is 0 Å². The lowest BCUT2D eigenvalue weighted by atomic mass is 9.76. The molecule has 1 aromatic carbocycles. The zero-order chi connectivity index (χ0) is 18.3. The minimum atomic E-state index is -1.71. The molecule has 2 N–H and O–H groups in total. The van der Waals surface area contributed by atoms with Gasteiger partial charge in [0.05, 0.1) is 0 Å². The molecule has 0 bridgehead atoms. The molecule has 3 atom stereocenters. The summed E-state index contributed by atoms with van der Waals surface area (Å²) in [5.74, 6) is 0.902. The smallest absolute Gasteiger partial charge is 0.181 e. The van der Waals surface area contributed by atoms with Gasteiger partial charge in [-0.05, 0) is 38.1 Å². The summed E-state index contributed by atoms with van der Waals surface area (Å²) in [5, 5.41) is 22.4. The number of ether oxygens (including phenoxy) is 3. The molecule has 26 heavy (non-hydrogen) atoms. The molecule has 1 aliphatic carbocycles. The molecule has 0 spiro atoms. The SMILES string of the molecule is CC1(C)C=Cc2cc3c(cc2O1)O[C@@H]1[C@@]3(O)COC2=CC(=O)C=C[C@]21O. The Bertz CT molecular complexity index is 940. The topological polar surface area (TPSA) is 85.2 Å². The van der Waals surface area contributed by atoms with Crippen LogP contribution < -0.4 is 9.47 Å². The summed E-state index contributed by atoms with van der Waals surface area (Å²) in [6, 6.07) is 3.53. The van der Waals surface area contributed by atoms with Crippen molar-refractivity contribution in [3.8, 4) is 11.5 Å². The van der Waals surface area contributed by atoms with Gasteiger partial charge in [-0.25, -0.2) is 0 Å². The van der Waals surface area contributed by atoms with E-state index in [-0.39, 0.29) is 18.1 Å². The van der Waals surface area contributed by atoms with Gasteiger partial charge in [0.25, 0.3) is 0 Å². The summed E-state index contributed by atoms with van der Waals surface area (Å²) < 4.78 is 17.5. The average molecular weight is 354 g/mol. The Morgan fingerprint density at radius 3 is 2.73 bits per heavy atom. The first-order chi connectivity index (χ1) is 12.2. The molecule has 3 aliphatic heterocycles. The van der Waals surface area contributed by atoms with E-state index in [2.05, 4.69) is 0 Å². The lowest BCUT2D eigenvalue weighted by Gasteiger charge is -2.45. The van der Waals surface area contributed by atoms with Crippen LogP contribution in [0.3, 0.4) is 0 Å². The molecule has 1 saturated heterocycles. The number of carbonyl (C=O) groups is 1. The molecule has 5 rings (SSSR count). The van der Waals surface area contributed by atoms with Gasteiger partial charge in [0.1, 0.15) is 29.5 Å². The Morgan fingerprint density at radius 1 is 1.12 bits per heavy atom. The number of ketones is 1. The fraction of sp³-hybridized carbons (Fsp3) is 0.350. The second kappa shape index (κ2) is 4.58. The Labute approximate surface area is 150 Å². The second-order valence-corrected chi connectivity index (χ2v) is 7.71. The van der Waals surface area contributed by atoms with Gasteiger partial charge >= 0.3 is 0 Å². The van der Waals surface area contributed by atoms with E-state index >= 15 is 0 Å². The molecule has 0 saturated carbocycles. The molecule has 6 heteroatoms. The van der Waals surface area contributed by atoms with Crippen molar-refractivity contribution in [2.75, 3.05) is 6.61 Å². The highest BCUT2D eigenvalue weighted by molar-refractivity contribution is 6.01. The highest BCUT2D eigenvalue weighted by atomic mass is 16.6. The molecule has 1 fully saturated rings. The standard InChI is InChI=1S/C20H18O6/c1-18(2)5-3-11-7-13-15(9-14(11)26-18)25-17-19(22)6-4-12(21)8-16(19)24-10-20(13,17)23/h3-9,17,22-23H,10H2,1-2H3/t17-,19-,20+/m0/s1. The molecule has 4 aliphatic rings. The third-order valence-electron chi connectivity index (χ3n) is 5.31. The van der Waals surface area contributed by atoms with E-state index in [0.29, 0.717) is 17.1 Å². The van der Waals surface area contributed by atoms with Gasteiger partial charge in [-0.15, -0.1) is 0 Å². The third-order valence-corrected chi connectivity index (χ3v) is 5.31. The summed E-state index contributed by atoms with van der Waals surface area (Å²) in [7, 11) is 0. The third kappa shape index (κ3) is 1.91. The van der Waals surface area contributed by atoms with E-state index in [1.54, 1.807) is 12.1 Å². The van der Waals surface area contributed by atoms with Crippen LogP contribution in [-0.4, -0.2) is 39.9 Å². The average Bonchev–Trinajstić information content (AvgIpc) is 2.87. The predicted molar refractivity (Wildman–Crippen MR) is 91.6 cm³/mol. The van der Waals surface area contributed by atoms with Gasteiger partial charge in [-0.2, -0.15) is 0 Å². The van der Waals surface area contributed by atoms with Gasteiger partial charge in [-0.1, -0.05) is 6.08 Å². The number of allylic oxidation sites excluding steroid dienone is 2. The van der Waals surface area contributed by atoms with Crippen molar-refractivity contribution in [1.29, 1.82) is 0 Å². The van der Waals surface area contributed by atoms with Crippen molar-refractivity contribution < 1.29 is 29.2 Å². The van der Waals surface area contributed by atoms with Crippen molar-refractivity contribution in [3.05, 3.63) is 53.3 Å². The van der Waals surface area contributed by atoms with E-state index in [0.717, 1.165) is 5.56 Å². The van der Waals surface area contributed by atoms with Crippen LogP contribution in [0, 0.1) is 0 Å². The first-order valence-electron chi connectivity index (χ1n) is 8.48. The predicted octanol–water partition coefficient (Wildman–Crippen LogP) is 1.60. The molecule has 1 aromatic rings. The van der Waals surface area contributed by atoms with Gasteiger partial charge in [0.2, 0.25) is 0 Å². The molecule has 3 heterocycles. The number of benzene rings is 1. The van der Waals surface area contributed by atoms with Crippen LogP contribution in [0.5, 0.6) is 11.5 Å². The first kappa shape index (κ1) is 15.7. The summed E-state index contributed by atoms with van der Waals surface area (Å²) in [4.78, 5) is 11.6. The summed E-state index contributed by atoms with van der Waals surface area (Å²) >= 11 is 0. The fourth-order valence-electron chi connectivity index (χ4n) is 3.96. The second-order valence-electron chi connectivity index (χ2n) is 7.71. The summed E-state index contributed by atoms with van der Waals surface area (Å²) in [6.07, 6.45) is 6.68. The van der Waals surface area contributed by atoms with Crippen LogP contribution in [0.15, 0.2) is 42.2 Å². The summed E-state index contributed by atoms with van der Waals surface area (Å²) in [6.45, 7) is 3.78. The lowest BCUT2D eigenvalue weighted by molar-refractivity contribution is -0.187. The van der Waals surface area contributed by atoms with Crippen molar-refractivity contribution in [3.63, 3.8) is 0 Å². The van der Waals surface area contributed by atoms with E-state index in [4.69, 9.17) is 14.2 Å². The molecule has 6 nitrogen and oxygen atoms in total. The molecule has 0 radical (unpaired) electrons. The Balaban J connectivity index is 1.63. The maximum absolute atomic E-state index is 11.6. The highest BCUT2D eigenvalue weighted by Crippen LogP contribution is 2.53. The van der Waals surface area contributed by atoms with E-state index in [1.807, 2.05) is 26.0 Å². The van der Waals surface area contributed by atoms with Crippen LogP contribution in [0.2, 0.25) is 0 Å². The van der Waals surface area contributed by atoms with Crippen LogP contribution in [0.1, 0.15) is 25.0 Å². The van der Waals surface area contributed by atoms with Gasteiger partial charge in [-0.3, -0.25) is 4.79 Å². The van der Waals surface area contributed by atoms with Crippen molar-refractivity contribution in [2.45, 2.75) is 36.8 Å². The summed E-state index contributed by atoms with van der Waals surface area (Å²) in [5.41, 5.74) is -2.33. The number of carbonyl (C=O) groups excluding carboxylic acids is 1. The Kier molecular flexibility index (Phi) is 2.76. The van der Waals surface area contributed by atoms with Crippen LogP contribution in [0.25, 0.3) is 6.08 Å². The van der Waals surface area contributed by atoms with E-state index in [1.165, 1.54) is 18.2 Å². The number of fused-ring (bicyclic) bond motifs is 6. The normalized spacial score (nSPS) is 35.2. The van der Waals surface area contributed by atoms with E-state index in [9.17, 15) is 15.0 Å². The lowest BCUT2D eigenvalue weighted by Crippen LogP contribution is -2.61. The zero-order valence-electron chi connectivity index (χ0n) is 14.4. The minimum Gasteiger partial charge on any atom is -0.491 e. The van der Waals surface area contributed by atoms with Gasteiger partial charge in [0.15, 0.2) is 23.1 Å². The highest BCUT2D eigenvalue weighted by Gasteiger charge is 2.63. The zero-order valence-corrected chi connectivity index (χ0v) is 14.4. The molecule has 0 aromatic heterocycles. The molecule has 134 valence electrons. The monoisotopic (exact) mass is 354 g/mol. The van der Waals surface area contributed by atoms with E-state index < -0.39 is 22.9 Å². The largest absolute Gasteiger partial charge is 0.491 e. The first-order valence-corrected chi connectivity index (χ1v) is 8.48. The molecular weight excluding hydrogens is 336 g/mol. The fourth-order valence-corrected chi connectivity index (χ4v) is 3.96. The number of hydrogen-bond acceptors (Lipinski definition) is 6. The molecule has 0 amide bonds. The maximum Gasteiger partial charge on any atom is 0.181 e. The van der Waals surface area contributed by atoms with Crippen LogP contribution in [0.4, 0.5) is 0 Å². The number of aliphatic hydroxyl groups is 2.